The van der Waals surface area contributed by atoms with Crippen molar-refractivity contribution in [1.29, 1.82) is 0 Å². The highest BCUT2D eigenvalue weighted by atomic mass is 32.2. The van der Waals surface area contributed by atoms with Gasteiger partial charge in [-0.25, -0.2) is 9.97 Å². The highest BCUT2D eigenvalue weighted by molar-refractivity contribution is 7.99. The number of aliphatic hydroxyl groups excluding tert-OH is 1. The minimum atomic E-state index is -1.06. The lowest BCUT2D eigenvalue weighted by molar-refractivity contribution is -0.139. The lowest BCUT2D eigenvalue weighted by Gasteiger charge is -2.30. The van der Waals surface area contributed by atoms with Crippen molar-refractivity contribution in [2.24, 2.45) is 0 Å². The number of methoxy groups -OCH3 is 1. The van der Waals surface area contributed by atoms with Gasteiger partial charge in [-0.2, -0.15) is 0 Å². The van der Waals surface area contributed by atoms with Crippen molar-refractivity contribution in [1.82, 2.24) is 9.97 Å². The Labute approximate surface area is 136 Å². The Hall–Kier alpha value is -2.16. The minimum absolute atomic E-state index is 0.276. The number of carboxylic acid groups (broad SMARTS) is 1. The number of aliphatic hydroxyl groups is 1. The molecule has 120 valence electrons. The normalized spacial score (nSPS) is 14.1. The average Bonchev–Trinajstić information content (AvgIpc) is 2.53. The molecule has 8 heteroatoms. The van der Waals surface area contributed by atoms with Gasteiger partial charge in [0, 0.05) is 24.4 Å². The Morgan fingerprint density at radius 2 is 2.17 bits per heavy atom. The molecule has 7 nitrogen and oxygen atoms in total. The highest BCUT2D eigenvalue weighted by Crippen LogP contribution is 2.46. The number of hydrogen-bond donors (Lipinski definition) is 2. The lowest BCUT2D eigenvalue weighted by Crippen LogP contribution is -2.24. The SMILES string of the molecule is COCN1c2cc(C(O)CC(=O)O)ccc2Sc2nccnc21. The first-order chi connectivity index (χ1) is 11.1. The van der Waals surface area contributed by atoms with E-state index in [-0.39, 0.29) is 13.2 Å². The van der Waals surface area contributed by atoms with Gasteiger partial charge in [0.15, 0.2) is 5.82 Å². The number of nitrogens with zero attached hydrogens (tertiary/aromatic N) is 3. The molecule has 0 radical (unpaired) electrons. The number of benzene rings is 1. The third-order valence-corrected chi connectivity index (χ3v) is 4.44. The first-order valence-corrected chi connectivity index (χ1v) is 7.71. The summed E-state index contributed by atoms with van der Waals surface area (Å²) in [5.74, 6) is -0.369. The maximum Gasteiger partial charge on any atom is 0.306 e. The van der Waals surface area contributed by atoms with E-state index in [1.54, 1.807) is 31.6 Å². The minimum Gasteiger partial charge on any atom is -0.481 e. The van der Waals surface area contributed by atoms with Crippen LogP contribution < -0.4 is 4.90 Å². The van der Waals surface area contributed by atoms with Crippen LogP contribution in [0.5, 0.6) is 0 Å². The van der Waals surface area contributed by atoms with Gasteiger partial charge in [0.25, 0.3) is 0 Å². The smallest absolute Gasteiger partial charge is 0.306 e. The first kappa shape index (κ1) is 15.7. The second-order valence-corrected chi connectivity index (χ2v) is 6.00. The van der Waals surface area contributed by atoms with E-state index < -0.39 is 12.1 Å². The molecule has 23 heavy (non-hydrogen) atoms. The van der Waals surface area contributed by atoms with Crippen LogP contribution >= 0.6 is 11.8 Å². The van der Waals surface area contributed by atoms with E-state index in [4.69, 9.17) is 9.84 Å². The summed E-state index contributed by atoms with van der Waals surface area (Å²) in [7, 11) is 1.58. The van der Waals surface area contributed by atoms with Crippen LogP contribution in [0, 0.1) is 0 Å². The van der Waals surface area contributed by atoms with Crippen LogP contribution in [0.25, 0.3) is 0 Å². The maximum absolute atomic E-state index is 10.8. The van der Waals surface area contributed by atoms with E-state index in [0.29, 0.717) is 11.4 Å². The van der Waals surface area contributed by atoms with E-state index in [1.165, 1.54) is 11.8 Å². The van der Waals surface area contributed by atoms with Crippen LogP contribution in [-0.2, 0) is 9.53 Å². The van der Waals surface area contributed by atoms with Crippen LogP contribution in [0.2, 0.25) is 0 Å². The number of fused-ring (bicyclic) bond motifs is 2. The zero-order valence-corrected chi connectivity index (χ0v) is 13.2. The second-order valence-electron chi connectivity index (χ2n) is 4.97. The molecule has 1 atom stereocenters. The quantitative estimate of drug-likeness (QED) is 0.860. The molecule has 2 heterocycles. The van der Waals surface area contributed by atoms with Crippen LogP contribution in [0.15, 0.2) is 40.5 Å². The monoisotopic (exact) mass is 333 g/mol. The van der Waals surface area contributed by atoms with E-state index in [0.717, 1.165) is 15.6 Å². The molecule has 2 aromatic rings. The van der Waals surface area contributed by atoms with Crippen molar-refractivity contribution < 1.29 is 19.7 Å². The van der Waals surface area contributed by atoms with Gasteiger partial charge in [-0.1, -0.05) is 17.8 Å². The summed E-state index contributed by atoms with van der Waals surface area (Å²) in [6.07, 6.45) is 1.84. The summed E-state index contributed by atoms with van der Waals surface area (Å²) in [5, 5.41) is 19.6. The van der Waals surface area contributed by atoms with Gasteiger partial charge < -0.3 is 14.9 Å². The van der Waals surface area contributed by atoms with Crippen LogP contribution in [0.4, 0.5) is 11.5 Å². The molecule has 3 rings (SSSR count). The van der Waals surface area contributed by atoms with E-state index >= 15 is 0 Å². The van der Waals surface area contributed by atoms with Gasteiger partial charge >= 0.3 is 5.97 Å². The number of anilines is 2. The molecule has 1 aromatic carbocycles. The number of aromatic nitrogens is 2. The van der Waals surface area contributed by atoms with Gasteiger partial charge in [-0.15, -0.1) is 0 Å². The molecule has 0 aliphatic carbocycles. The van der Waals surface area contributed by atoms with Crippen LogP contribution in [-0.4, -0.2) is 40.0 Å². The first-order valence-electron chi connectivity index (χ1n) is 6.89. The molecule has 0 saturated heterocycles. The van der Waals surface area contributed by atoms with E-state index in [9.17, 15) is 9.90 Å². The van der Waals surface area contributed by atoms with Crippen molar-refractivity contribution in [2.75, 3.05) is 18.7 Å². The molecule has 0 saturated carbocycles. The summed E-state index contributed by atoms with van der Waals surface area (Å²) in [5.41, 5.74) is 1.35. The summed E-state index contributed by atoms with van der Waals surface area (Å²) >= 11 is 1.48. The summed E-state index contributed by atoms with van der Waals surface area (Å²) in [6.45, 7) is 0.276. The maximum atomic E-state index is 10.8. The van der Waals surface area contributed by atoms with Gasteiger partial charge in [-0.05, 0) is 17.7 Å². The summed E-state index contributed by atoms with van der Waals surface area (Å²) < 4.78 is 5.25. The van der Waals surface area contributed by atoms with E-state index in [1.807, 2.05) is 11.0 Å². The number of rotatable bonds is 5. The standard InChI is InChI=1S/C15H15N3O4S/c1-22-8-18-10-6-9(11(19)7-13(20)21)2-3-12(10)23-15-14(18)16-4-5-17-15/h2-6,11,19H,7-8H2,1H3,(H,20,21). The van der Waals surface area contributed by atoms with Crippen molar-refractivity contribution in [3.05, 3.63) is 36.2 Å². The summed E-state index contributed by atoms with van der Waals surface area (Å²) in [4.78, 5) is 22.3. The van der Waals surface area contributed by atoms with Crippen LogP contribution in [0.3, 0.4) is 0 Å². The summed E-state index contributed by atoms with van der Waals surface area (Å²) in [6, 6.07) is 5.35. The Kier molecular flexibility index (Phi) is 4.46. The largest absolute Gasteiger partial charge is 0.481 e. The van der Waals surface area contributed by atoms with E-state index in [2.05, 4.69) is 9.97 Å². The zero-order chi connectivity index (χ0) is 16.4. The Balaban J connectivity index is 2.01. The third kappa shape index (κ3) is 3.14. The van der Waals surface area contributed by atoms with Crippen molar-refractivity contribution in [3.8, 4) is 0 Å². The molecule has 1 unspecified atom stereocenters. The molecule has 1 aromatic heterocycles. The van der Waals surface area contributed by atoms with Crippen molar-refractivity contribution >= 4 is 29.2 Å². The molecule has 0 amide bonds. The fourth-order valence-electron chi connectivity index (χ4n) is 2.38. The van der Waals surface area contributed by atoms with Gasteiger partial charge in [-0.3, -0.25) is 9.69 Å². The predicted molar refractivity (Wildman–Crippen MR) is 83.8 cm³/mol. The third-order valence-electron chi connectivity index (χ3n) is 3.39. The Morgan fingerprint density at radius 1 is 1.39 bits per heavy atom. The number of carbonyl (C=O) groups is 1. The number of aliphatic carboxylic acids is 1. The molecular formula is C15H15N3O4S. The average molecular weight is 333 g/mol. The number of carboxylic acids is 1. The fraction of sp³-hybridized carbons (Fsp3) is 0.267. The highest BCUT2D eigenvalue weighted by Gasteiger charge is 2.26. The van der Waals surface area contributed by atoms with Crippen LogP contribution in [0.1, 0.15) is 18.1 Å². The topological polar surface area (TPSA) is 95.8 Å². The molecule has 1 aliphatic heterocycles. The second kappa shape index (κ2) is 6.53. The lowest BCUT2D eigenvalue weighted by atomic mass is 10.1. The Morgan fingerprint density at radius 3 is 2.91 bits per heavy atom. The van der Waals surface area contributed by atoms with Gasteiger partial charge in [0.1, 0.15) is 11.8 Å². The van der Waals surface area contributed by atoms with Gasteiger partial charge in [0.05, 0.1) is 18.2 Å². The number of ether oxygens (including phenoxy) is 1. The predicted octanol–water partition coefficient (Wildman–Crippen LogP) is 2.19. The molecule has 0 spiro atoms. The molecule has 0 bridgehead atoms. The molecular weight excluding hydrogens is 318 g/mol. The van der Waals surface area contributed by atoms with Gasteiger partial charge in [0.2, 0.25) is 0 Å². The molecule has 2 N–H and O–H groups in total. The van der Waals surface area contributed by atoms with Crippen molar-refractivity contribution in [3.63, 3.8) is 0 Å². The zero-order valence-electron chi connectivity index (χ0n) is 12.3. The Bertz CT molecular complexity index is 740. The fourth-order valence-corrected chi connectivity index (χ4v) is 3.36. The number of hydrogen-bond acceptors (Lipinski definition) is 7. The van der Waals surface area contributed by atoms with Crippen molar-refractivity contribution in [2.45, 2.75) is 22.4 Å². The molecule has 1 aliphatic rings. The molecule has 0 fully saturated rings.